The zero-order valence-corrected chi connectivity index (χ0v) is 8.93. The number of aromatic carboxylic acids is 1. The van der Waals surface area contributed by atoms with Crippen molar-refractivity contribution in [2.75, 3.05) is 0 Å². The van der Waals surface area contributed by atoms with Crippen LogP contribution in [0.1, 0.15) is 52.0 Å². The molecular formula is C10H13NO2S. The molecule has 0 atom stereocenters. The zero-order valence-electron chi connectivity index (χ0n) is 8.12. The van der Waals surface area contributed by atoms with Crippen LogP contribution in [0.2, 0.25) is 0 Å². The molecule has 4 heteroatoms. The summed E-state index contributed by atoms with van der Waals surface area (Å²) >= 11 is 1.30. The van der Waals surface area contributed by atoms with Crippen molar-refractivity contribution in [3.05, 3.63) is 15.6 Å². The lowest BCUT2D eigenvalue weighted by Gasteiger charge is -2.05. The Kier molecular flexibility index (Phi) is 2.54. The smallest absolute Gasteiger partial charge is 0.365 e. The Bertz CT molecular complexity index is 353. The van der Waals surface area contributed by atoms with E-state index in [2.05, 4.69) is 4.98 Å². The SMILES string of the molecule is Cc1sc(C(=O)O)nc1C1CCCC1. The maximum absolute atomic E-state index is 10.7. The number of rotatable bonds is 2. The number of nitrogens with zero attached hydrogens (tertiary/aromatic N) is 1. The third kappa shape index (κ3) is 1.66. The molecule has 1 aromatic rings. The summed E-state index contributed by atoms with van der Waals surface area (Å²) in [5, 5.41) is 9.05. The first-order chi connectivity index (χ1) is 6.68. The van der Waals surface area contributed by atoms with Crippen LogP contribution in [0.4, 0.5) is 0 Å². The molecule has 0 spiro atoms. The van der Waals surface area contributed by atoms with Gasteiger partial charge in [0.1, 0.15) is 0 Å². The Morgan fingerprint density at radius 1 is 1.50 bits per heavy atom. The van der Waals surface area contributed by atoms with Crippen LogP contribution in [0.25, 0.3) is 0 Å². The van der Waals surface area contributed by atoms with Crippen molar-refractivity contribution in [2.24, 2.45) is 0 Å². The van der Waals surface area contributed by atoms with E-state index in [9.17, 15) is 4.79 Å². The number of carboxylic acid groups (broad SMARTS) is 1. The van der Waals surface area contributed by atoms with Gasteiger partial charge < -0.3 is 5.11 Å². The largest absolute Gasteiger partial charge is 0.476 e. The summed E-state index contributed by atoms with van der Waals surface area (Å²) in [6.45, 7) is 1.97. The topological polar surface area (TPSA) is 50.2 Å². The van der Waals surface area contributed by atoms with Crippen molar-refractivity contribution in [2.45, 2.75) is 38.5 Å². The standard InChI is InChI=1S/C10H13NO2S/c1-6-8(7-4-2-3-5-7)11-9(14-6)10(12)13/h7H,2-5H2,1H3,(H,12,13). The second kappa shape index (κ2) is 3.69. The van der Waals surface area contributed by atoms with Crippen molar-refractivity contribution in [3.8, 4) is 0 Å². The molecule has 1 aliphatic carbocycles. The van der Waals surface area contributed by atoms with E-state index >= 15 is 0 Å². The summed E-state index contributed by atoms with van der Waals surface area (Å²) in [7, 11) is 0. The maximum Gasteiger partial charge on any atom is 0.365 e. The molecule has 3 nitrogen and oxygen atoms in total. The van der Waals surface area contributed by atoms with Crippen LogP contribution >= 0.6 is 11.3 Å². The van der Waals surface area contributed by atoms with Gasteiger partial charge >= 0.3 is 5.97 Å². The Balaban J connectivity index is 2.28. The highest BCUT2D eigenvalue weighted by atomic mass is 32.1. The van der Waals surface area contributed by atoms with Gasteiger partial charge in [-0.2, -0.15) is 0 Å². The van der Waals surface area contributed by atoms with Gasteiger partial charge in [0.25, 0.3) is 0 Å². The molecule has 0 radical (unpaired) electrons. The van der Waals surface area contributed by atoms with Crippen molar-refractivity contribution >= 4 is 17.3 Å². The average Bonchev–Trinajstić information content (AvgIpc) is 2.71. The Labute approximate surface area is 86.8 Å². The molecule has 1 saturated carbocycles. The van der Waals surface area contributed by atoms with Crippen LogP contribution in [-0.4, -0.2) is 16.1 Å². The van der Waals surface area contributed by atoms with Gasteiger partial charge in [-0.15, -0.1) is 11.3 Å². The molecule has 1 aromatic heterocycles. The van der Waals surface area contributed by atoms with Crippen molar-refractivity contribution < 1.29 is 9.90 Å². The van der Waals surface area contributed by atoms with Crippen molar-refractivity contribution in [1.82, 2.24) is 4.98 Å². The number of hydrogen-bond acceptors (Lipinski definition) is 3. The van der Waals surface area contributed by atoms with Crippen LogP contribution in [-0.2, 0) is 0 Å². The molecule has 14 heavy (non-hydrogen) atoms. The maximum atomic E-state index is 10.7. The summed E-state index contributed by atoms with van der Waals surface area (Å²) in [6.07, 6.45) is 4.85. The second-order valence-corrected chi connectivity index (χ2v) is 4.95. The van der Waals surface area contributed by atoms with E-state index in [1.54, 1.807) is 0 Å². The van der Waals surface area contributed by atoms with Gasteiger partial charge in [0.2, 0.25) is 5.01 Å². The van der Waals surface area contributed by atoms with Crippen LogP contribution < -0.4 is 0 Å². The Morgan fingerprint density at radius 3 is 2.64 bits per heavy atom. The molecule has 1 N–H and O–H groups in total. The lowest BCUT2D eigenvalue weighted by atomic mass is 10.0. The highest BCUT2D eigenvalue weighted by Gasteiger charge is 2.23. The van der Waals surface area contributed by atoms with Crippen molar-refractivity contribution in [3.63, 3.8) is 0 Å². The van der Waals surface area contributed by atoms with Gasteiger partial charge in [-0.05, 0) is 19.8 Å². The lowest BCUT2D eigenvalue weighted by molar-refractivity contribution is 0.0696. The molecule has 0 aliphatic heterocycles. The summed E-state index contributed by atoms with van der Waals surface area (Å²) in [4.78, 5) is 16.0. The minimum Gasteiger partial charge on any atom is -0.476 e. The molecule has 0 saturated heterocycles. The molecule has 1 fully saturated rings. The molecule has 2 rings (SSSR count). The summed E-state index contributed by atoms with van der Waals surface area (Å²) < 4.78 is 0. The first-order valence-electron chi connectivity index (χ1n) is 4.89. The molecule has 0 amide bonds. The fraction of sp³-hybridized carbons (Fsp3) is 0.600. The van der Waals surface area contributed by atoms with Crippen molar-refractivity contribution in [1.29, 1.82) is 0 Å². The van der Waals surface area contributed by atoms with Crippen LogP contribution in [0, 0.1) is 6.92 Å². The average molecular weight is 211 g/mol. The van der Waals surface area contributed by atoms with Gasteiger partial charge in [-0.25, -0.2) is 9.78 Å². The third-order valence-electron chi connectivity index (χ3n) is 2.76. The predicted octanol–water partition coefficient (Wildman–Crippen LogP) is 2.81. The normalized spacial score (nSPS) is 17.5. The fourth-order valence-electron chi connectivity index (χ4n) is 2.08. The predicted molar refractivity (Wildman–Crippen MR) is 55.0 cm³/mol. The van der Waals surface area contributed by atoms with Gasteiger partial charge in [0.05, 0.1) is 5.69 Å². The number of hydrogen-bond donors (Lipinski definition) is 1. The number of carboxylic acids is 1. The summed E-state index contributed by atoms with van der Waals surface area (Å²) in [5.74, 6) is -0.387. The highest BCUT2D eigenvalue weighted by molar-refractivity contribution is 7.13. The molecule has 76 valence electrons. The summed E-state index contributed by atoms with van der Waals surface area (Å²) in [6, 6.07) is 0. The summed E-state index contributed by atoms with van der Waals surface area (Å²) in [5.41, 5.74) is 1.03. The number of aromatic nitrogens is 1. The van der Waals surface area contributed by atoms with E-state index in [0.29, 0.717) is 5.92 Å². The lowest BCUT2D eigenvalue weighted by Crippen LogP contribution is -1.98. The molecule has 0 bridgehead atoms. The van der Waals surface area contributed by atoms with Gasteiger partial charge in [-0.1, -0.05) is 12.8 Å². The third-order valence-corrected chi connectivity index (χ3v) is 3.73. The molecule has 0 aromatic carbocycles. The number of aryl methyl sites for hydroxylation is 1. The fourth-order valence-corrected chi connectivity index (χ4v) is 2.92. The van der Waals surface area contributed by atoms with E-state index in [0.717, 1.165) is 10.6 Å². The molecule has 0 unspecified atom stereocenters. The Hall–Kier alpha value is -0.900. The second-order valence-electron chi connectivity index (χ2n) is 3.75. The van der Waals surface area contributed by atoms with E-state index in [1.807, 2.05) is 6.92 Å². The minimum atomic E-state index is -0.901. The minimum absolute atomic E-state index is 0.240. The number of thiazole rings is 1. The van der Waals surface area contributed by atoms with Gasteiger partial charge in [0.15, 0.2) is 0 Å². The van der Waals surface area contributed by atoms with E-state index in [-0.39, 0.29) is 5.01 Å². The van der Waals surface area contributed by atoms with Crippen LogP contribution in [0.3, 0.4) is 0 Å². The Morgan fingerprint density at radius 2 is 2.14 bits per heavy atom. The number of carbonyl (C=O) groups is 1. The van der Waals surface area contributed by atoms with Crippen LogP contribution in [0.15, 0.2) is 0 Å². The van der Waals surface area contributed by atoms with Gasteiger partial charge in [0, 0.05) is 10.8 Å². The zero-order chi connectivity index (χ0) is 10.1. The highest BCUT2D eigenvalue weighted by Crippen LogP contribution is 2.36. The molecule has 1 heterocycles. The monoisotopic (exact) mass is 211 g/mol. The van der Waals surface area contributed by atoms with E-state index in [1.165, 1.54) is 37.0 Å². The molecule has 1 aliphatic rings. The first-order valence-corrected chi connectivity index (χ1v) is 5.70. The first kappa shape index (κ1) is 9.65. The van der Waals surface area contributed by atoms with Crippen LogP contribution in [0.5, 0.6) is 0 Å². The molecular weight excluding hydrogens is 198 g/mol. The van der Waals surface area contributed by atoms with E-state index < -0.39 is 5.97 Å². The van der Waals surface area contributed by atoms with E-state index in [4.69, 9.17) is 5.11 Å². The van der Waals surface area contributed by atoms with Gasteiger partial charge in [-0.3, -0.25) is 0 Å². The quantitative estimate of drug-likeness (QED) is 0.818.